The van der Waals surface area contributed by atoms with Crippen molar-refractivity contribution in [2.75, 3.05) is 19.7 Å². The van der Waals surface area contributed by atoms with E-state index in [0.717, 1.165) is 6.07 Å². The maximum atomic E-state index is 14.3. The third-order valence-electron chi connectivity index (χ3n) is 4.33. The third kappa shape index (κ3) is 3.75. The molecule has 0 saturated carbocycles. The number of nitrogens with two attached hydrogens (primary N) is 1. The number of piperidine rings is 1. The maximum absolute atomic E-state index is 14.3. The standard InChI is InChI=1S/C15H19Cl2FN2O4/c16-8-5-9(22)11(13(18)12(8)17)14(19)7-1-3-20(4-2-7)15(24)10(23)6-21/h5,7,10,14,21-23H,1-4,6,19H2/t10-,14-/m1/s1. The van der Waals surface area contributed by atoms with E-state index >= 15 is 0 Å². The van der Waals surface area contributed by atoms with Crippen LogP contribution in [0.25, 0.3) is 0 Å². The number of hydrogen-bond donors (Lipinski definition) is 4. The first-order valence-corrected chi connectivity index (χ1v) is 8.23. The van der Waals surface area contributed by atoms with Crippen LogP contribution in [0, 0.1) is 11.7 Å². The molecule has 9 heteroatoms. The summed E-state index contributed by atoms with van der Waals surface area (Å²) in [5.74, 6) is -1.93. The number of hydrogen-bond acceptors (Lipinski definition) is 5. The molecule has 0 aliphatic carbocycles. The van der Waals surface area contributed by atoms with Crippen LogP contribution in [-0.2, 0) is 4.79 Å². The van der Waals surface area contributed by atoms with E-state index in [2.05, 4.69) is 0 Å². The summed E-state index contributed by atoms with van der Waals surface area (Å²) in [5.41, 5.74) is 6.01. The molecule has 1 aromatic carbocycles. The van der Waals surface area contributed by atoms with Crippen molar-refractivity contribution in [3.8, 4) is 5.75 Å². The van der Waals surface area contributed by atoms with Gasteiger partial charge in [0.15, 0.2) is 11.9 Å². The molecule has 1 aromatic rings. The van der Waals surface area contributed by atoms with Gasteiger partial charge < -0.3 is 26.0 Å². The van der Waals surface area contributed by atoms with Crippen LogP contribution in [0.3, 0.4) is 0 Å². The maximum Gasteiger partial charge on any atom is 0.253 e. The van der Waals surface area contributed by atoms with Crippen LogP contribution >= 0.6 is 23.2 Å². The van der Waals surface area contributed by atoms with Gasteiger partial charge in [-0.1, -0.05) is 23.2 Å². The van der Waals surface area contributed by atoms with Crippen molar-refractivity contribution in [1.82, 2.24) is 4.90 Å². The minimum absolute atomic E-state index is 0.0930. The quantitative estimate of drug-likeness (QED) is 0.591. The van der Waals surface area contributed by atoms with Gasteiger partial charge in [0.2, 0.25) is 0 Å². The van der Waals surface area contributed by atoms with Crippen LogP contribution in [0.15, 0.2) is 6.07 Å². The lowest BCUT2D eigenvalue weighted by atomic mass is 9.85. The van der Waals surface area contributed by atoms with Gasteiger partial charge >= 0.3 is 0 Å². The van der Waals surface area contributed by atoms with Crippen LogP contribution in [0.5, 0.6) is 5.75 Å². The molecule has 24 heavy (non-hydrogen) atoms. The van der Waals surface area contributed by atoms with E-state index in [1.54, 1.807) is 0 Å². The van der Waals surface area contributed by atoms with Gasteiger partial charge in [-0.2, -0.15) is 0 Å². The van der Waals surface area contributed by atoms with Crippen LogP contribution < -0.4 is 5.73 Å². The molecule has 1 fully saturated rings. The number of halogens is 3. The number of phenolic OH excluding ortho intramolecular Hbond substituents is 1. The summed E-state index contributed by atoms with van der Waals surface area (Å²) < 4.78 is 14.3. The number of aliphatic hydroxyl groups excluding tert-OH is 2. The van der Waals surface area contributed by atoms with Crippen molar-refractivity contribution in [1.29, 1.82) is 0 Å². The predicted molar refractivity (Wildman–Crippen MR) is 87.4 cm³/mol. The van der Waals surface area contributed by atoms with Crippen molar-refractivity contribution in [3.05, 3.63) is 27.5 Å². The van der Waals surface area contributed by atoms with Crippen molar-refractivity contribution in [2.45, 2.75) is 25.0 Å². The van der Waals surface area contributed by atoms with Gasteiger partial charge in [-0.25, -0.2) is 4.39 Å². The fourth-order valence-corrected chi connectivity index (χ4v) is 3.26. The van der Waals surface area contributed by atoms with Gasteiger partial charge in [0.1, 0.15) is 5.75 Å². The van der Waals surface area contributed by atoms with Gasteiger partial charge in [0.05, 0.1) is 16.7 Å². The van der Waals surface area contributed by atoms with E-state index in [1.165, 1.54) is 4.90 Å². The molecule has 2 rings (SSSR count). The van der Waals surface area contributed by atoms with Gasteiger partial charge in [-0.05, 0) is 18.8 Å². The summed E-state index contributed by atoms with van der Waals surface area (Å²) in [5, 5.41) is 27.8. The van der Waals surface area contributed by atoms with E-state index in [4.69, 9.17) is 34.0 Å². The highest BCUT2D eigenvalue weighted by atomic mass is 35.5. The summed E-state index contributed by atoms with van der Waals surface area (Å²) in [7, 11) is 0. The van der Waals surface area contributed by atoms with E-state index < -0.39 is 30.5 Å². The number of nitrogens with zero attached hydrogens (tertiary/aromatic N) is 1. The summed E-state index contributed by atoms with van der Waals surface area (Å²) in [6.45, 7) is -0.00341. The van der Waals surface area contributed by atoms with E-state index in [0.29, 0.717) is 25.9 Å². The van der Waals surface area contributed by atoms with E-state index in [-0.39, 0.29) is 27.3 Å². The van der Waals surface area contributed by atoms with Gasteiger partial charge in [0.25, 0.3) is 5.91 Å². The fraction of sp³-hybridized carbons (Fsp3) is 0.533. The molecular weight excluding hydrogens is 362 g/mol. The Bertz CT molecular complexity index is 624. The zero-order chi connectivity index (χ0) is 18.0. The Kier molecular flexibility index (Phi) is 6.28. The second-order valence-electron chi connectivity index (χ2n) is 5.81. The van der Waals surface area contributed by atoms with Crippen molar-refractivity contribution >= 4 is 29.1 Å². The molecule has 1 aliphatic rings. The molecule has 0 aromatic heterocycles. The molecule has 0 radical (unpaired) electrons. The fourth-order valence-electron chi connectivity index (χ4n) is 2.92. The Labute approximate surface area is 148 Å². The molecule has 0 bridgehead atoms. The summed E-state index contributed by atoms with van der Waals surface area (Å²) >= 11 is 11.5. The normalized spacial score (nSPS) is 18.5. The molecule has 0 spiro atoms. The SMILES string of the molecule is N[C@@H](c1c(O)cc(Cl)c(Cl)c1F)C1CCN(C(=O)[C@H](O)CO)CC1. The first-order valence-electron chi connectivity index (χ1n) is 7.47. The number of carbonyl (C=O) groups excluding carboxylic acids is 1. The zero-order valence-corrected chi connectivity index (χ0v) is 14.3. The lowest BCUT2D eigenvalue weighted by molar-refractivity contribution is -0.143. The van der Waals surface area contributed by atoms with Crippen LogP contribution in [0.4, 0.5) is 4.39 Å². The molecule has 2 atom stereocenters. The Hall–Kier alpha value is -1.12. The second-order valence-corrected chi connectivity index (χ2v) is 6.59. The molecule has 1 aliphatic heterocycles. The summed E-state index contributed by atoms with van der Waals surface area (Å²) in [6, 6.07) is 0.345. The van der Waals surface area contributed by atoms with Gasteiger partial charge in [-0.3, -0.25) is 4.79 Å². The highest BCUT2D eigenvalue weighted by Gasteiger charge is 2.32. The molecule has 5 N–H and O–H groups in total. The Morgan fingerprint density at radius 2 is 2.00 bits per heavy atom. The Balaban J connectivity index is 2.10. The average molecular weight is 381 g/mol. The van der Waals surface area contributed by atoms with Crippen LogP contribution in [0.2, 0.25) is 10.0 Å². The number of amides is 1. The Morgan fingerprint density at radius 1 is 1.42 bits per heavy atom. The van der Waals surface area contributed by atoms with Crippen molar-refractivity contribution in [2.24, 2.45) is 11.7 Å². The highest BCUT2D eigenvalue weighted by Crippen LogP contribution is 2.40. The Morgan fingerprint density at radius 3 is 2.54 bits per heavy atom. The summed E-state index contributed by atoms with van der Waals surface area (Å²) in [6.07, 6.45) is -0.513. The summed E-state index contributed by atoms with van der Waals surface area (Å²) in [4.78, 5) is 13.2. The number of aliphatic hydroxyl groups is 2. The predicted octanol–water partition coefficient (Wildman–Crippen LogP) is 1.43. The minimum Gasteiger partial charge on any atom is -0.507 e. The van der Waals surface area contributed by atoms with Crippen molar-refractivity contribution < 1.29 is 24.5 Å². The zero-order valence-electron chi connectivity index (χ0n) is 12.8. The third-order valence-corrected chi connectivity index (χ3v) is 5.09. The number of benzene rings is 1. The smallest absolute Gasteiger partial charge is 0.253 e. The highest BCUT2D eigenvalue weighted by molar-refractivity contribution is 6.42. The average Bonchev–Trinajstić information content (AvgIpc) is 2.58. The molecule has 1 saturated heterocycles. The topological polar surface area (TPSA) is 107 Å². The number of carbonyl (C=O) groups is 1. The van der Waals surface area contributed by atoms with E-state index in [1.807, 2.05) is 0 Å². The van der Waals surface area contributed by atoms with Gasteiger partial charge in [0, 0.05) is 30.8 Å². The largest absolute Gasteiger partial charge is 0.507 e. The van der Waals surface area contributed by atoms with Gasteiger partial charge in [-0.15, -0.1) is 0 Å². The lowest BCUT2D eigenvalue weighted by Crippen LogP contribution is -2.46. The van der Waals surface area contributed by atoms with E-state index in [9.17, 15) is 19.4 Å². The van der Waals surface area contributed by atoms with Crippen LogP contribution in [-0.4, -0.2) is 51.9 Å². The second kappa shape index (κ2) is 7.84. The molecule has 0 unspecified atom stereocenters. The van der Waals surface area contributed by atoms with Crippen molar-refractivity contribution in [3.63, 3.8) is 0 Å². The first-order chi connectivity index (χ1) is 11.3. The molecule has 1 heterocycles. The molecular formula is C15H19Cl2FN2O4. The number of rotatable bonds is 4. The monoisotopic (exact) mass is 380 g/mol. The molecule has 1 amide bonds. The molecule has 6 nitrogen and oxygen atoms in total. The first kappa shape index (κ1) is 19.2. The molecule has 134 valence electrons. The number of phenols is 1. The van der Waals surface area contributed by atoms with Crippen LogP contribution in [0.1, 0.15) is 24.4 Å². The lowest BCUT2D eigenvalue weighted by Gasteiger charge is -2.35. The number of likely N-dealkylation sites (tertiary alicyclic amines) is 1. The minimum atomic E-state index is -1.44. The number of aromatic hydroxyl groups is 1.